The van der Waals surface area contributed by atoms with Crippen molar-refractivity contribution >= 4 is 5.91 Å². The predicted octanol–water partition coefficient (Wildman–Crippen LogP) is 2.41. The van der Waals surface area contributed by atoms with E-state index < -0.39 is 0 Å². The number of hydrogen-bond donors (Lipinski definition) is 1. The van der Waals surface area contributed by atoms with Crippen molar-refractivity contribution < 1.29 is 9.90 Å². The van der Waals surface area contributed by atoms with E-state index in [9.17, 15) is 4.79 Å². The summed E-state index contributed by atoms with van der Waals surface area (Å²) in [6.45, 7) is 4.69. The number of nitrogens with zero attached hydrogens (tertiary/aromatic N) is 3. The first-order valence-electron chi connectivity index (χ1n) is 9.10. The van der Waals surface area contributed by atoms with Gasteiger partial charge in [0.15, 0.2) is 0 Å². The minimum Gasteiger partial charge on any atom is -0.394 e. The number of rotatable bonds is 4. The predicted molar refractivity (Wildman–Crippen MR) is 89.0 cm³/mol. The summed E-state index contributed by atoms with van der Waals surface area (Å²) < 4.78 is 1.91. The Morgan fingerprint density at radius 1 is 1.22 bits per heavy atom. The molecule has 1 aliphatic heterocycles. The molecule has 1 amide bonds. The molecule has 1 N–H and O–H groups in total. The molecule has 1 saturated heterocycles. The standard InChI is InChI=1S/C18H29N3O2/c1-14-2-4-16(5-3-14)18(23)20-10-7-15(8-11-20)17-6-9-19-21(17)12-13-22/h6,9,14-16,22H,2-5,7-8,10-13H2,1H3. The fourth-order valence-corrected chi connectivity index (χ4v) is 4.13. The Hall–Kier alpha value is -1.36. The first-order valence-corrected chi connectivity index (χ1v) is 9.10. The number of piperidine rings is 1. The van der Waals surface area contributed by atoms with Gasteiger partial charge in [0.25, 0.3) is 0 Å². The minimum atomic E-state index is 0.117. The van der Waals surface area contributed by atoms with Gasteiger partial charge < -0.3 is 10.0 Å². The molecule has 2 fully saturated rings. The smallest absolute Gasteiger partial charge is 0.225 e. The molecule has 1 aromatic rings. The van der Waals surface area contributed by atoms with Gasteiger partial charge >= 0.3 is 0 Å². The topological polar surface area (TPSA) is 58.4 Å². The lowest BCUT2D eigenvalue weighted by molar-refractivity contribution is -0.137. The molecule has 0 atom stereocenters. The Morgan fingerprint density at radius 3 is 2.57 bits per heavy atom. The first-order chi connectivity index (χ1) is 11.2. The highest BCUT2D eigenvalue weighted by molar-refractivity contribution is 5.79. The molecule has 0 aromatic carbocycles. The summed E-state index contributed by atoms with van der Waals surface area (Å²) in [4.78, 5) is 14.8. The van der Waals surface area contributed by atoms with Crippen LogP contribution in [0.1, 0.15) is 57.1 Å². The number of aromatic nitrogens is 2. The van der Waals surface area contributed by atoms with Gasteiger partial charge in [0.2, 0.25) is 5.91 Å². The van der Waals surface area contributed by atoms with Crippen LogP contribution in [0.2, 0.25) is 0 Å². The molecule has 23 heavy (non-hydrogen) atoms. The highest BCUT2D eigenvalue weighted by Crippen LogP contribution is 2.32. The van der Waals surface area contributed by atoms with Gasteiger partial charge in [-0.3, -0.25) is 9.48 Å². The van der Waals surface area contributed by atoms with Gasteiger partial charge in [-0.05, 0) is 50.5 Å². The van der Waals surface area contributed by atoms with Crippen LogP contribution in [0, 0.1) is 11.8 Å². The van der Waals surface area contributed by atoms with Gasteiger partial charge in [0, 0.05) is 36.8 Å². The Kier molecular flexibility index (Phi) is 5.36. The Bertz CT molecular complexity index is 512. The maximum absolute atomic E-state index is 12.7. The Balaban J connectivity index is 1.54. The molecule has 2 aliphatic rings. The minimum absolute atomic E-state index is 0.117. The van der Waals surface area contributed by atoms with Crippen molar-refractivity contribution in [2.45, 2.75) is 57.9 Å². The van der Waals surface area contributed by atoms with Crippen LogP contribution in [-0.4, -0.2) is 45.4 Å². The normalized spacial score (nSPS) is 26.4. The van der Waals surface area contributed by atoms with E-state index in [0.717, 1.165) is 44.7 Å². The van der Waals surface area contributed by atoms with Gasteiger partial charge in [-0.25, -0.2) is 0 Å². The fourth-order valence-electron chi connectivity index (χ4n) is 4.13. The van der Waals surface area contributed by atoms with Crippen LogP contribution in [0.15, 0.2) is 12.3 Å². The molecule has 3 rings (SSSR count). The van der Waals surface area contributed by atoms with Crippen LogP contribution >= 0.6 is 0 Å². The SMILES string of the molecule is CC1CCC(C(=O)N2CCC(c3ccnn3CCO)CC2)CC1. The highest BCUT2D eigenvalue weighted by atomic mass is 16.3. The maximum Gasteiger partial charge on any atom is 0.225 e. The highest BCUT2D eigenvalue weighted by Gasteiger charge is 2.31. The summed E-state index contributed by atoms with van der Waals surface area (Å²) >= 11 is 0. The van der Waals surface area contributed by atoms with Crippen LogP contribution in [0.3, 0.4) is 0 Å². The molecule has 5 nitrogen and oxygen atoms in total. The van der Waals surface area contributed by atoms with E-state index in [1.165, 1.54) is 18.5 Å². The zero-order valence-corrected chi connectivity index (χ0v) is 14.2. The number of aliphatic hydroxyl groups excluding tert-OH is 1. The van der Waals surface area contributed by atoms with Crippen molar-refractivity contribution in [1.29, 1.82) is 0 Å². The molecule has 0 spiro atoms. The molecule has 128 valence electrons. The second kappa shape index (κ2) is 7.47. The van der Waals surface area contributed by atoms with Crippen LogP contribution in [0.25, 0.3) is 0 Å². The van der Waals surface area contributed by atoms with E-state index in [2.05, 4.69) is 23.0 Å². The van der Waals surface area contributed by atoms with Crippen molar-refractivity contribution in [2.24, 2.45) is 11.8 Å². The van der Waals surface area contributed by atoms with E-state index >= 15 is 0 Å². The van der Waals surface area contributed by atoms with Crippen LogP contribution in [-0.2, 0) is 11.3 Å². The van der Waals surface area contributed by atoms with Crippen LogP contribution < -0.4 is 0 Å². The Morgan fingerprint density at radius 2 is 1.91 bits per heavy atom. The van der Waals surface area contributed by atoms with Crippen LogP contribution in [0.5, 0.6) is 0 Å². The van der Waals surface area contributed by atoms with Gasteiger partial charge in [-0.2, -0.15) is 5.10 Å². The average Bonchev–Trinajstić information content (AvgIpc) is 3.04. The van der Waals surface area contributed by atoms with E-state index in [1.807, 2.05) is 10.9 Å². The van der Waals surface area contributed by atoms with Crippen LogP contribution in [0.4, 0.5) is 0 Å². The molecule has 0 radical (unpaired) electrons. The average molecular weight is 319 g/mol. The number of amides is 1. The Labute approximate surface area is 138 Å². The van der Waals surface area contributed by atoms with E-state index in [-0.39, 0.29) is 12.5 Å². The van der Waals surface area contributed by atoms with Crippen molar-refractivity contribution in [3.05, 3.63) is 18.0 Å². The molecule has 0 bridgehead atoms. The summed E-state index contributed by atoms with van der Waals surface area (Å²) in [5.41, 5.74) is 1.21. The summed E-state index contributed by atoms with van der Waals surface area (Å²) in [6, 6.07) is 2.06. The number of carbonyl (C=O) groups is 1. The second-order valence-electron chi connectivity index (χ2n) is 7.26. The van der Waals surface area contributed by atoms with Crippen molar-refractivity contribution in [1.82, 2.24) is 14.7 Å². The van der Waals surface area contributed by atoms with Crippen molar-refractivity contribution in [2.75, 3.05) is 19.7 Å². The molecular weight excluding hydrogens is 290 g/mol. The third-order valence-corrected chi connectivity index (χ3v) is 5.65. The molecule has 5 heteroatoms. The molecular formula is C18H29N3O2. The number of likely N-dealkylation sites (tertiary alicyclic amines) is 1. The summed E-state index contributed by atoms with van der Waals surface area (Å²) in [5.74, 6) is 1.90. The number of carbonyl (C=O) groups excluding carboxylic acids is 1. The quantitative estimate of drug-likeness (QED) is 0.927. The summed E-state index contributed by atoms with van der Waals surface area (Å²) in [7, 11) is 0. The number of hydrogen-bond acceptors (Lipinski definition) is 3. The number of aliphatic hydroxyl groups is 1. The van der Waals surface area contributed by atoms with Crippen molar-refractivity contribution in [3.63, 3.8) is 0 Å². The third kappa shape index (κ3) is 3.77. The first kappa shape index (κ1) is 16.5. The summed E-state index contributed by atoms with van der Waals surface area (Å²) in [6.07, 6.45) is 8.37. The molecule has 1 aliphatic carbocycles. The van der Waals surface area contributed by atoms with E-state index in [4.69, 9.17) is 5.11 Å². The summed E-state index contributed by atoms with van der Waals surface area (Å²) in [5, 5.41) is 13.4. The lowest BCUT2D eigenvalue weighted by Crippen LogP contribution is -2.42. The second-order valence-corrected chi connectivity index (χ2v) is 7.26. The molecule has 2 heterocycles. The molecule has 1 aromatic heterocycles. The monoisotopic (exact) mass is 319 g/mol. The lowest BCUT2D eigenvalue weighted by Gasteiger charge is -2.36. The zero-order valence-electron chi connectivity index (χ0n) is 14.2. The fraction of sp³-hybridized carbons (Fsp3) is 0.778. The molecule has 0 unspecified atom stereocenters. The van der Waals surface area contributed by atoms with E-state index in [1.54, 1.807) is 0 Å². The third-order valence-electron chi connectivity index (χ3n) is 5.65. The van der Waals surface area contributed by atoms with Gasteiger partial charge in [-0.15, -0.1) is 0 Å². The lowest BCUT2D eigenvalue weighted by atomic mass is 9.82. The van der Waals surface area contributed by atoms with Gasteiger partial charge in [0.1, 0.15) is 0 Å². The largest absolute Gasteiger partial charge is 0.394 e. The zero-order chi connectivity index (χ0) is 16.2. The van der Waals surface area contributed by atoms with Gasteiger partial charge in [-0.1, -0.05) is 6.92 Å². The van der Waals surface area contributed by atoms with Crippen molar-refractivity contribution in [3.8, 4) is 0 Å². The van der Waals surface area contributed by atoms with Gasteiger partial charge in [0.05, 0.1) is 13.2 Å². The molecule has 1 saturated carbocycles. The van der Waals surface area contributed by atoms with E-state index in [0.29, 0.717) is 18.4 Å². The maximum atomic E-state index is 12.7.